The van der Waals surface area contributed by atoms with E-state index in [1.807, 2.05) is 25.5 Å². The lowest BCUT2D eigenvalue weighted by Gasteiger charge is -2.29. The van der Waals surface area contributed by atoms with Gasteiger partial charge in [0.15, 0.2) is 0 Å². The van der Waals surface area contributed by atoms with Crippen molar-refractivity contribution >= 4 is 10.8 Å². The van der Waals surface area contributed by atoms with Crippen molar-refractivity contribution < 1.29 is 4.74 Å². The molecule has 1 aromatic heterocycles. The summed E-state index contributed by atoms with van der Waals surface area (Å²) >= 11 is 0. The van der Waals surface area contributed by atoms with Gasteiger partial charge in [0.25, 0.3) is 0 Å². The SMILES string of the molecule is CNC(CC(C)(C)OC)c1cncc2ccccc12. The lowest BCUT2D eigenvalue weighted by atomic mass is 9.92. The largest absolute Gasteiger partial charge is 0.379 e. The van der Waals surface area contributed by atoms with Crippen molar-refractivity contribution in [3.05, 3.63) is 42.2 Å². The molecule has 2 rings (SSSR count). The Balaban J connectivity index is 2.41. The van der Waals surface area contributed by atoms with Crippen LogP contribution in [-0.4, -0.2) is 24.7 Å². The van der Waals surface area contributed by atoms with Crippen LogP contribution in [0.5, 0.6) is 0 Å². The van der Waals surface area contributed by atoms with Crippen LogP contribution in [0.3, 0.4) is 0 Å². The number of ether oxygens (including phenoxy) is 1. The zero-order valence-electron chi connectivity index (χ0n) is 12.1. The van der Waals surface area contributed by atoms with E-state index in [4.69, 9.17) is 4.74 Å². The van der Waals surface area contributed by atoms with Crippen molar-refractivity contribution in [2.24, 2.45) is 0 Å². The first kappa shape index (κ1) is 14.0. The lowest BCUT2D eigenvalue weighted by molar-refractivity contribution is 0.00754. The van der Waals surface area contributed by atoms with E-state index in [0.29, 0.717) is 0 Å². The molecule has 1 unspecified atom stereocenters. The van der Waals surface area contributed by atoms with Crippen molar-refractivity contribution in [3.63, 3.8) is 0 Å². The van der Waals surface area contributed by atoms with E-state index >= 15 is 0 Å². The molecular formula is C16H22N2O. The molecule has 0 radical (unpaired) electrons. The molecule has 0 amide bonds. The molecule has 102 valence electrons. The Morgan fingerprint density at radius 3 is 2.68 bits per heavy atom. The summed E-state index contributed by atoms with van der Waals surface area (Å²) < 4.78 is 5.54. The maximum Gasteiger partial charge on any atom is 0.0640 e. The third-order valence-corrected chi connectivity index (χ3v) is 3.67. The van der Waals surface area contributed by atoms with E-state index < -0.39 is 0 Å². The van der Waals surface area contributed by atoms with Gasteiger partial charge < -0.3 is 10.1 Å². The Kier molecular flexibility index (Phi) is 4.17. The number of aromatic nitrogens is 1. The lowest BCUT2D eigenvalue weighted by Crippen LogP contribution is -2.30. The summed E-state index contributed by atoms with van der Waals surface area (Å²) in [5.74, 6) is 0. The van der Waals surface area contributed by atoms with Gasteiger partial charge in [-0.2, -0.15) is 0 Å². The van der Waals surface area contributed by atoms with Crippen LogP contribution >= 0.6 is 0 Å². The van der Waals surface area contributed by atoms with Gasteiger partial charge in [-0.3, -0.25) is 4.98 Å². The fourth-order valence-corrected chi connectivity index (χ4v) is 2.36. The molecule has 1 N–H and O–H groups in total. The summed E-state index contributed by atoms with van der Waals surface area (Å²) in [4.78, 5) is 4.36. The summed E-state index contributed by atoms with van der Waals surface area (Å²) in [7, 11) is 3.74. The van der Waals surface area contributed by atoms with Gasteiger partial charge >= 0.3 is 0 Å². The molecule has 0 aliphatic carbocycles. The standard InChI is InChI=1S/C16H22N2O/c1-16(2,19-4)9-15(17-3)14-11-18-10-12-7-5-6-8-13(12)14/h5-8,10-11,15,17H,9H2,1-4H3. The van der Waals surface area contributed by atoms with E-state index in [9.17, 15) is 0 Å². The number of rotatable bonds is 5. The molecule has 0 spiro atoms. The van der Waals surface area contributed by atoms with Crippen LogP contribution in [0.25, 0.3) is 10.8 Å². The Labute approximate surface area is 115 Å². The predicted molar refractivity (Wildman–Crippen MR) is 79.2 cm³/mol. The minimum atomic E-state index is -0.162. The Hall–Kier alpha value is -1.45. The minimum absolute atomic E-state index is 0.162. The van der Waals surface area contributed by atoms with Crippen LogP contribution in [0.4, 0.5) is 0 Å². The first-order valence-electron chi connectivity index (χ1n) is 6.62. The van der Waals surface area contributed by atoms with Gasteiger partial charge in [0.2, 0.25) is 0 Å². The molecule has 3 heteroatoms. The molecule has 1 atom stereocenters. The van der Waals surface area contributed by atoms with Crippen LogP contribution in [0.1, 0.15) is 31.9 Å². The van der Waals surface area contributed by atoms with Gasteiger partial charge in [0, 0.05) is 30.9 Å². The van der Waals surface area contributed by atoms with Gasteiger partial charge in [-0.25, -0.2) is 0 Å². The van der Waals surface area contributed by atoms with Crippen LogP contribution in [0.2, 0.25) is 0 Å². The molecule has 0 saturated carbocycles. The van der Waals surface area contributed by atoms with Crippen molar-refractivity contribution in [3.8, 4) is 0 Å². The summed E-state index contributed by atoms with van der Waals surface area (Å²) in [6.07, 6.45) is 4.76. The smallest absolute Gasteiger partial charge is 0.0640 e. The predicted octanol–water partition coefficient (Wildman–Crippen LogP) is 3.31. The monoisotopic (exact) mass is 258 g/mol. The number of hydrogen-bond acceptors (Lipinski definition) is 3. The van der Waals surface area contributed by atoms with Gasteiger partial charge in [0.05, 0.1) is 5.60 Å². The van der Waals surface area contributed by atoms with Gasteiger partial charge in [-0.15, -0.1) is 0 Å². The number of benzene rings is 1. The summed E-state index contributed by atoms with van der Waals surface area (Å²) in [6.45, 7) is 4.21. The van der Waals surface area contributed by atoms with Gasteiger partial charge in [-0.1, -0.05) is 24.3 Å². The van der Waals surface area contributed by atoms with E-state index in [0.717, 1.165) is 6.42 Å². The Morgan fingerprint density at radius 1 is 1.26 bits per heavy atom. The van der Waals surface area contributed by atoms with E-state index in [1.54, 1.807) is 7.11 Å². The highest BCUT2D eigenvalue weighted by Gasteiger charge is 2.24. The van der Waals surface area contributed by atoms with Crippen LogP contribution in [0.15, 0.2) is 36.7 Å². The number of fused-ring (bicyclic) bond motifs is 1. The first-order chi connectivity index (χ1) is 9.07. The number of hydrogen-bond donors (Lipinski definition) is 1. The summed E-state index contributed by atoms with van der Waals surface area (Å²) in [5.41, 5.74) is 1.07. The number of pyridine rings is 1. The molecule has 3 nitrogen and oxygen atoms in total. The Morgan fingerprint density at radius 2 is 2.00 bits per heavy atom. The highest BCUT2D eigenvalue weighted by molar-refractivity contribution is 5.85. The second-order valence-electron chi connectivity index (χ2n) is 5.46. The molecule has 0 aliphatic heterocycles. The third kappa shape index (κ3) is 3.11. The zero-order valence-corrected chi connectivity index (χ0v) is 12.1. The fraction of sp³-hybridized carbons (Fsp3) is 0.438. The second-order valence-corrected chi connectivity index (χ2v) is 5.46. The molecule has 19 heavy (non-hydrogen) atoms. The highest BCUT2D eigenvalue weighted by atomic mass is 16.5. The van der Waals surface area contributed by atoms with Crippen LogP contribution < -0.4 is 5.32 Å². The molecule has 1 aromatic carbocycles. The van der Waals surface area contributed by atoms with Crippen molar-refractivity contribution in [2.45, 2.75) is 31.9 Å². The number of nitrogens with zero attached hydrogens (tertiary/aromatic N) is 1. The van der Waals surface area contributed by atoms with E-state index in [2.05, 4.69) is 42.3 Å². The number of methoxy groups -OCH3 is 1. The normalized spacial score (nSPS) is 13.7. The molecular weight excluding hydrogens is 236 g/mol. The molecule has 2 aromatic rings. The zero-order chi connectivity index (χ0) is 13.9. The number of nitrogens with one attached hydrogen (secondary N) is 1. The maximum absolute atomic E-state index is 5.54. The van der Waals surface area contributed by atoms with Crippen molar-refractivity contribution in [2.75, 3.05) is 14.2 Å². The molecule has 0 saturated heterocycles. The average Bonchev–Trinajstić information content (AvgIpc) is 2.44. The minimum Gasteiger partial charge on any atom is -0.379 e. The highest BCUT2D eigenvalue weighted by Crippen LogP contribution is 2.29. The van der Waals surface area contributed by atoms with Crippen molar-refractivity contribution in [1.82, 2.24) is 10.3 Å². The molecule has 0 aliphatic rings. The Bertz CT molecular complexity index is 546. The van der Waals surface area contributed by atoms with Gasteiger partial charge in [0.1, 0.15) is 0 Å². The summed E-state index contributed by atoms with van der Waals surface area (Å²) in [5, 5.41) is 5.81. The van der Waals surface area contributed by atoms with Crippen LogP contribution in [-0.2, 0) is 4.74 Å². The van der Waals surface area contributed by atoms with Gasteiger partial charge in [-0.05, 0) is 38.3 Å². The molecule has 1 heterocycles. The molecule has 0 bridgehead atoms. The van der Waals surface area contributed by atoms with E-state index in [-0.39, 0.29) is 11.6 Å². The molecule has 0 fully saturated rings. The quantitative estimate of drug-likeness (QED) is 0.893. The summed E-state index contributed by atoms with van der Waals surface area (Å²) in [6, 6.07) is 8.59. The first-order valence-corrected chi connectivity index (χ1v) is 6.62. The topological polar surface area (TPSA) is 34.1 Å². The second kappa shape index (κ2) is 5.68. The van der Waals surface area contributed by atoms with Crippen molar-refractivity contribution in [1.29, 1.82) is 0 Å². The maximum atomic E-state index is 5.54. The average molecular weight is 258 g/mol. The van der Waals surface area contributed by atoms with Crippen LogP contribution in [0, 0.1) is 0 Å². The fourth-order valence-electron chi connectivity index (χ4n) is 2.36. The third-order valence-electron chi connectivity index (χ3n) is 3.67. The van der Waals surface area contributed by atoms with E-state index in [1.165, 1.54) is 16.3 Å².